The molecule has 0 bridgehead atoms. The molecule has 0 radical (unpaired) electrons. The molecule has 0 heterocycles. The van der Waals surface area contributed by atoms with Gasteiger partial charge < -0.3 is 4.74 Å². The van der Waals surface area contributed by atoms with E-state index in [2.05, 4.69) is 0 Å². The van der Waals surface area contributed by atoms with Crippen LogP contribution in [0.25, 0.3) is 5.57 Å². The lowest BCUT2D eigenvalue weighted by molar-refractivity contribution is -0.141. The zero-order valence-corrected chi connectivity index (χ0v) is 12.8. The molecular formula is C20H14O4. The van der Waals surface area contributed by atoms with Gasteiger partial charge in [-0.2, -0.15) is 0 Å². The van der Waals surface area contributed by atoms with E-state index >= 15 is 0 Å². The van der Waals surface area contributed by atoms with Gasteiger partial charge >= 0.3 is 5.97 Å². The molecule has 3 rings (SSSR count). The van der Waals surface area contributed by atoms with Gasteiger partial charge in [-0.1, -0.05) is 60.7 Å². The lowest BCUT2D eigenvalue weighted by atomic mass is 9.92. The summed E-state index contributed by atoms with van der Waals surface area (Å²) in [4.78, 5) is 36.5. The van der Waals surface area contributed by atoms with Crippen molar-refractivity contribution in [2.24, 2.45) is 0 Å². The molecule has 0 saturated carbocycles. The van der Waals surface area contributed by atoms with Gasteiger partial charge in [0.15, 0.2) is 11.6 Å². The molecular weight excluding hydrogens is 304 g/mol. The summed E-state index contributed by atoms with van der Waals surface area (Å²) in [5.74, 6) is -1.69. The van der Waals surface area contributed by atoms with E-state index in [1.807, 2.05) is 36.4 Å². The van der Waals surface area contributed by atoms with Gasteiger partial charge in [0.2, 0.25) is 0 Å². The average molecular weight is 318 g/mol. The van der Waals surface area contributed by atoms with Crippen molar-refractivity contribution in [2.75, 3.05) is 0 Å². The summed E-state index contributed by atoms with van der Waals surface area (Å²) in [6.45, 7) is 0.0493. The first-order valence-corrected chi connectivity index (χ1v) is 7.43. The molecule has 0 spiro atoms. The highest BCUT2D eigenvalue weighted by Gasteiger charge is 2.26. The molecule has 0 amide bonds. The number of allylic oxidation sites excluding steroid dienone is 3. The Hall–Kier alpha value is -3.27. The number of ether oxygens (including phenoxy) is 1. The maximum absolute atomic E-state index is 12.2. The first-order valence-electron chi connectivity index (χ1n) is 7.43. The van der Waals surface area contributed by atoms with Crippen LogP contribution in [0.1, 0.15) is 11.1 Å². The summed E-state index contributed by atoms with van der Waals surface area (Å²) in [5.41, 5.74) is 1.49. The van der Waals surface area contributed by atoms with Crippen LogP contribution in [-0.4, -0.2) is 17.5 Å². The number of carbonyl (C=O) groups is 3. The summed E-state index contributed by atoms with van der Waals surface area (Å²) in [7, 11) is 0. The quantitative estimate of drug-likeness (QED) is 0.494. The van der Waals surface area contributed by atoms with Crippen LogP contribution in [0.15, 0.2) is 78.4 Å². The van der Waals surface area contributed by atoms with Gasteiger partial charge in [-0.25, -0.2) is 4.79 Å². The van der Waals surface area contributed by atoms with E-state index in [1.165, 1.54) is 6.08 Å². The Balaban J connectivity index is 1.73. The Morgan fingerprint density at radius 2 is 1.42 bits per heavy atom. The van der Waals surface area contributed by atoms with E-state index in [9.17, 15) is 14.4 Å². The smallest absolute Gasteiger partial charge is 0.342 e. The van der Waals surface area contributed by atoms with Crippen LogP contribution in [0, 0.1) is 0 Å². The lowest BCUT2D eigenvalue weighted by Gasteiger charge is -2.12. The zero-order valence-electron chi connectivity index (χ0n) is 12.8. The Kier molecular flexibility index (Phi) is 4.47. The number of benzene rings is 2. The van der Waals surface area contributed by atoms with Crippen molar-refractivity contribution in [1.29, 1.82) is 0 Å². The van der Waals surface area contributed by atoms with Gasteiger partial charge in [0.1, 0.15) is 12.2 Å². The predicted molar refractivity (Wildman–Crippen MR) is 88.8 cm³/mol. The topological polar surface area (TPSA) is 60.4 Å². The Labute approximate surface area is 139 Å². The molecule has 0 N–H and O–H groups in total. The van der Waals surface area contributed by atoms with E-state index in [4.69, 9.17) is 4.74 Å². The first kappa shape index (κ1) is 15.6. The fraction of sp³-hybridized carbons (Fsp3) is 0.0500. The lowest BCUT2D eigenvalue weighted by Crippen LogP contribution is -2.20. The number of carbonyl (C=O) groups excluding carboxylic acids is 3. The minimum Gasteiger partial charge on any atom is -0.457 e. The molecule has 4 heteroatoms. The fourth-order valence-electron chi connectivity index (χ4n) is 2.36. The molecule has 2 aromatic rings. The van der Waals surface area contributed by atoms with E-state index in [1.54, 1.807) is 24.3 Å². The monoisotopic (exact) mass is 318 g/mol. The number of hydrogen-bond acceptors (Lipinski definition) is 4. The Morgan fingerprint density at radius 3 is 2.08 bits per heavy atom. The molecule has 0 atom stereocenters. The third-order valence-electron chi connectivity index (χ3n) is 3.60. The van der Waals surface area contributed by atoms with Crippen molar-refractivity contribution in [2.45, 2.75) is 6.61 Å². The summed E-state index contributed by atoms with van der Waals surface area (Å²) in [6.07, 6.45) is 2.24. The molecule has 118 valence electrons. The largest absolute Gasteiger partial charge is 0.457 e. The van der Waals surface area contributed by atoms with Crippen LogP contribution in [0.3, 0.4) is 0 Å². The highest BCUT2D eigenvalue weighted by molar-refractivity contribution is 6.40. The van der Waals surface area contributed by atoms with Gasteiger partial charge in [-0.3, -0.25) is 9.59 Å². The average Bonchev–Trinajstić information content (AvgIpc) is 2.63. The van der Waals surface area contributed by atoms with Crippen LogP contribution in [0.4, 0.5) is 0 Å². The third kappa shape index (κ3) is 3.38. The van der Waals surface area contributed by atoms with Crippen molar-refractivity contribution in [1.82, 2.24) is 0 Å². The number of ketones is 2. The van der Waals surface area contributed by atoms with E-state index < -0.39 is 11.8 Å². The second kappa shape index (κ2) is 6.87. The minimum atomic E-state index is -0.791. The second-order valence-electron chi connectivity index (χ2n) is 5.27. The van der Waals surface area contributed by atoms with Gasteiger partial charge in [0.05, 0.1) is 0 Å². The van der Waals surface area contributed by atoms with Crippen molar-refractivity contribution >= 4 is 23.1 Å². The summed E-state index contributed by atoms with van der Waals surface area (Å²) >= 11 is 0. The SMILES string of the molecule is O=C1C=C(c2ccccc2)C(=O)C=C1C(=O)OCc1ccccc1. The van der Waals surface area contributed by atoms with Crippen LogP contribution in [-0.2, 0) is 25.7 Å². The first-order chi connectivity index (χ1) is 11.6. The van der Waals surface area contributed by atoms with Crippen LogP contribution >= 0.6 is 0 Å². The van der Waals surface area contributed by atoms with Crippen molar-refractivity contribution in [3.05, 3.63) is 89.5 Å². The standard InChI is InChI=1S/C20H14O4/c21-18-12-17(20(23)24-13-14-7-3-1-4-8-14)19(22)11-16(18)15-9-5-2-6-10-15/h1-12H,13H2. The highest BCUT2D eigenvalue weighted by atomic mass is 16.5. The van der Waals surface area contributed by atoms with Crippen molar-refractivity contribution in [3.63, 3.8) is 0 Å². The minimum absolute atomic E-state index is 0.0493. The van der Waals surface area contributed by atoms with E-state index in [0.717, 1.165) is 11.6 Å². The number of hydrogen-bond donors (Lipinski definition) is 0. The van der Waals surface area contributed by atoms with Crippen molar-refractivity contribution in [3.8, 4) is 0 Å². The normalized spacial score (nSPS) is 14.0. The highest BCUT2D eigenvalue weighted by Crippen LogP contribution is 2.22. The molecule has 0 aromatic heterocycles. The van der Waals surface area contributed by atoms with E-state index in [0.29, 0.717) is 5.56 Å². The predicted octanol–water partition coefficient (Wildman–Crippen LogP) is 2.89. The maximum Gasteiger partial charge on any atom is 0.342 e. The van der Waals surface area contributed by atoms with Crippen LogP contribution in [0.5, 0.6) is 0 Å². The molecule has 0 fully saturated rings. The zero-order chi connectivity index (χ0) is 16.9. The molecule has 24 heavy (non-hydrogen) atoms. The molecule has 0 unspecified atom stereocenters. The summed E-state index contributed by atoms with van der Waals surface area (Å²) < 4.78 is 5.12. The summed E-state index contributed by atoms with van der Waals surface area (Å²) in [6, 6.07) is 18.0. The van der Waals surface area contributed by atoms with Crippen LogP contribution < -0.4 is 0 Å². The van der Waals surface area contributed by atoms with Crippen LogP contribution in [0.2, 0.25) is 0 Å². The molecule has 1 aliphatic rings. The summed E-state index contributed by atoms with van der Waals surface area (Å²) in [5, 5.41) is 0. The molecule has 0 aliphatic heterocycles. The number of rotatable bonds is 4. The van der Waals surface area contributed by atoms with E-state index in [-0.39, 0.29) is 23.5 Å². The second-order valence-corrected chi connectivity index (χ2v) is 5.27. The van der Waals surface area contributed by atoms with Crippen molar-refractivity contribution < 1.29 is 19.1 Å². The maximum atomic E-state index is 12.2. The van der Waals surface area contributed by atoms with Gasteiger partial charge in [0, 0.05) is 11.6 Å². The molecule has 2 aromatic carbocycles. The molecule has 1 aliphatic carbocycles. The molecule has 0 saturated heterocycles. The van der Waals surface area contributed by atoms with Gasteiger partial charge in [0.25, 0.3) is 0 Å². The van der Waals surface area contributed by atoms with Gasteiger partial charge in [-0.15, -0.1) is 0 Å². The third-order valence-corrected chi connectivity index (χ3v) is 3.60. The Morgan fingerprint density at radius 1 is 0.792 bits per heavy atom. The Bertz CT molecular complexity index is 846. The fourth-order valence-corrected chi connectivity index (χ4v) is 2.36. The number of esters is 1. The van der Waals surface area contributed by atoms with Gasteiger partial charge in [-0.05, 0) is 17.2 Å². The molecule has 4 nitrogen and oxygen atoms in total.